The summed E-state index contributed by atoms with van der Waals surface area (Å²) in [6.45, 7) is 4.47. The number of nitrogens with one attached hydrogen (secondary N) is 1. The maximum atomic E-state index is 12.4. The highest BCUT2D eigenvalue weighted by atomic mass is 16.4. The van der Waals surface area contributed by atoms with Crippen molar-refractivity contribution in [3.05, 3.63) is 71.1 Å². The first kappa shape index (κ1) is 18.9. The predicted molar refractivity (Wildman–Crippen MR) is 109 cm³/mol. The van der Waals surface area contributed by atoms with Crippen LogP contribution in [0.5, 0.6) is 0 Å². The Morgan fingerprint density at radius 1 is 1.17 bits per heavy atom. The van der Waals surface area contributed by atoms with E-state index >= 15 is 0 Å². The Bertz CT molecular complexity index is 1050. The second kappa shape index (κ2) is 7.87. The third-order valence-corrected chi connectivity index (χ3v) is 5.08. The lowest BCUT2D eigenvalue weighted by molar-refractivity contribution is -0.117. The maximum absolute atomic E-state index is 12.4. The van der Waals surface area contributed by atoms with Crippen molar-refractivity contribution in [2.75, 3.05) is 16.8 Å². The molecule has 2 amide bonds. The number of carbonyl (C=O) groups excluding carboxylic acids is 2. The molecule has 1 atom stereocenters. The molecule has 3 aromatic rings. The number of anilines is 2. The van der Waals surface area contributed by atoms with E-state index in [1.165, 1.54) is 0 Å². The van der Waals surface area contributed by atoms with Gasteiger partial charge in [-0.3, -0.25) is 14.9 Å². The lowest BCUT2D eigenvalue weighted by Crippen LogP contribution is -2.24. The van der Waals surface area contributed by atoms with Crippen LogP contribution in [0.1, 0.15) is 34.9 Å². The minimum atomic E-state index is -0.222. The van der Waals surface area contributed by atoms with Crippen LogP contribution in [-0.2, 0) is 16.0 Å². The smallest absolute Gasteiger partial charge is 0.322 e. The highest BCUT2D eigenvalue weighted by Gasteiger charge is 2.35. The van der Waals surface area contributed by atoms with E-state index in [1.807, 2.05) is 62.4 Å². The van der Waals surface area contributed by atoms with Gasteiger partial charge >= 0.3 is 6.01 Å². The third-order valence-electron chi connectivity index (χ3n) is 5.08. The Hall–Kier alpha value is -3.48. The van der Waals surface area contributed by atoms with Crippen molar-refractivity contribution in [3.63, 3.8) is 0 Å². The molecule has 1 aliphatic heterocycles. The molecule has 1 aliphatic rings. The van der Waals surface area contributed by atoms with E-state index in [0.717, 1.165) is 22.4 Å². The van der Waals surface area contributed by atoms with Crippen LogP contribution in [0, 0.1) is 13.8 Å². The molecule has 7 heteroatoms. The Labute approximate surface area is 168 Å². The summed E-state index contributed by atoms with van der Waals surface area (Å²) in [6.07, 6.45) is 0.528. The molecule has 2 aromatic carbocycles. The lowest BCUT2D eigenvalue weighted by Gasteiger charge is -2.15. The molecule has 1 unspecified atom stereocenters. The Morgan fingerprint density at radius 2 is 1.97 bits per heavy atom. The highest BCUT2D eigenvalue weighted by Crippen LogP contribution is 2.31. The number of nitrogens with zero attached hydrogens (tertiary/aromatic N) is 3. The number of aromatic nitrogens is 2. The van der Waals surface area contributed by atoms with Gasteiger partial charge in [-0.2, -0.15) is 0 Å². The van der Waals surface area contributed by atoms with Crippen LogP contribution < -0.4 is 10.2 Å². The van der Waals surface area contributed by atoms with Gasteiger partial charge in [-0.05, 0) is 37.1 Å². The van der Waals surface area contributed by atoms with Gasteiger partial charge in [0.1, 0.15) is 0 Å². The van der Waals surface area contributed by atoms with Gasteiger partial charge in [-0.25, -0.2) is 0 Å². The van der Waals surface area contributed by atoms with E-state index < -0.39 is 0 Å². The molecule has 7 nitrogen and oxygen atoms in total. The van der Waals surface area contributed by atoms with Crippen LogP contribution in [0.2, 0.25) is 0 Å². The summed E-state index contributed by atoms with van der Waals surface area (Å²) < 4.78 is 5.62. The highest BCUT2D eigenvalue weighted by molar-refractivity contribution is 5.96. The summed E-state index contributed by atoms with van der Waals surface area (Å²) in [5, 5.41) is 10.6. The molecule has 2 heterocycles. The van der Waals surface area contributed by atoms with Gasteiger partial charge in [-0.15, -0.1) is 5.10 Å². The molecule has 4 rings (SSSR count). The molecule has 1 aromatic heterocycles. The summed E-state index contributed by atoms with van der Waals surface area (Å²) in [6, 6.07) is 15.5. The van der Waals surface area contributed by atoms with Gasteiger partial charge in [0.25, 0.3) is 0 Å². The Kier molecular flexibility index (Phi) is 5.12. The minimum absolute atomic E-state index is 0.0137. The largest absolute Gasteiger partial charge is 0.407 e. The number of amides is 2. The lowest BCUT2D eigenvalue weighted by atomic mass is 10.0. The maximum Gasteiger partial charge on any atom is 0.322 e. The standard InChI is InChI=1S/C22H22N4O3/c1-14-8-9-16(15(2)10-14)11-19(27)23-22-25-24-21(29-22)17-12-20(28)26(13-17)18-6-4-3-5-7-18/h3-10,17H,11-13H2,1-2H3,(H,23,25,27). The van der Waals surface area contributed by atoms with Gasteiger partial charge in [0.15, 0.2) is 0 Å². The van der Waals surface area contributed by atoms with Crippen molar-refractivity contribution in [1.29, 1.82) is 0 Å². The summed E-state index contributed by atoms with van der Waals surface area (Å²) in [5.41, 5.74) is 4.02. The Balaban J connectivity index is 1.39. The van der Waals surface area contributed by atoms with Crippen molar-refractivity contribution in [2.45, 2.75) is 32.6 Å². The van der Waals surface area contributed by atoms with Crippen molar-refractivity contribution in [3.8, 4) is 0 Å². The number of rotatable bonds is 5. The van der Waals surface area contributed by atoms with Crippen LogP contribution in [0.15, 0.2) is 52.9 Å². The van der Waals surface area contributed by atoms with Crippen LogP contribution in [-0.4, -0.2) is 28.6 Å². The average Bonchev–Trinajstić information content (AvgIpc) is 3.31. The third kappa shape index (κ3) is 4.18. The van der Waals surface area contributed by atoms with E-state index in [1.54, 1.807) is 4.90 Å². The average molecular weight is 390 g/mol. The summed E-state index contributed by atoms with van der Waals surface area (Å²) in [5.74, 6) is -0.0424. The van der Waals surface area contributed by atoms with Gasteiger partial charge in [0, 0.05) is 18.7 Å². The van der Waals surface area contributed by atoms with Crippen LogP contribution in [0.4, 0.5) is 11.7 Å². The van der Waals surface area contributed by atoms with Gasteiger partial charge < -0.3 is 9.32 Å². The molecule has 1 N–H and O–H groups in total. The minimum Gasteiger partial charge on any atom is -0.407 e. The van der Waals surface area contributed by atoms with E-state index in [4.69, 9.17) is 4.42 Å². The normalized spacial score (nSPS) is 16.3. The number of carbonyl (C=O) groups is 2. The zero-order valence-corrected chi connectivity index (χ0v) is 16.4. The monoisotopic (exact) mass is 390 g/mol. The van der Waals surface area contributed by atoms with E-state index in [2.05, 4.69) is 15.5 Å². The van der Waals surface area contributed by atoms with Crippen molar-refractivity contribution in [1.82, 2.24) is 10.2 Å². The number of hydrogen-bond acceptors (Lipinski definition) is 5. The molecule has 0 bridgehead atoms. The quantitative estimate of drug-likeness (QED) is 0.721. The molecule has 1 saturated heterocycles. The Morgan fingerprint density at radius 3 is 2.72 bits per heavy atom. The van der Waals surface area contributed by atoms with Gasteiger partial charge in [0.2, 0.25) is 17.7 Å². The molecule has 0 aliphatic carbocycles. The fraction of sp³-hybridized carbons (Fsp3) is 0.273. The van der Waals surface area contributed by atoms with E-state index in [0.29, 0.717) is 18.9 Å². The van der Waals surface area contributed by atoms with E-state index in [-0.39, 0.29) is 30.2 Å². The molecular weight excluding hydrogens is 368 g/mol. The number of hydrogen-bond donors (Lipinski definition) is 1. The van der Waals surface area contributed by atoms with Crippen molar-refractivity contribution < 1.29 is 14.0 Å². The summed E-state index contributed by atoms with van der Waals surface area (Å²) >= 11 is 0. The van der Waals surface area contributed by atoms with Crippen LogP contribution >= 0.6 is 0 Å². The molecule has 0 spiro atoms. The number of para-hydroxylation sites is 1. The van der Waals surface area contributed by atoms with Crippen LogP contribution in [0.3, 0.4) is 0 Å². The molecular formula is C22H22N4O3. The number of benzene rings is 2. The fourth-order valence-corrected chi connectivity index (χ4v) is 3.56. The first-order chi connectivity index (χ1) is 14.0. The van der Waals surface area contributed by atoms with Gasteiger partial charge in [-0.1, -0.05) is 47.1 Å². The predicted octanol–water partition coefficient (Wildman–Crippen LogP) is 3.39. The molecule has 1 fully saturated rings. The zero-order chi connectivity index (χ0) is 20.4. The van der Waals surface area contributed by atoms with Gasteiger partial charge in [0.05, 0.1) is 12.3 Å². The van der Waals surface area contributed by atoms with E-state index in [9.17, 15) is 9.59 Å². The first-order valence-corrected chi connectivity index (χ1v) is 9.54. The molecule has 29 heavy (non-hydrogen) atoms. The number of aryl methyl sites for hydroxylation is 2. The summed E-state index contributed by atoms with van der Waals surface area (Å²) in [4.78, 5) is 26.4. The van der Waals surface area contributed by atoms with Crippen molar-refractivity contribution >= 4 is 23.5 Å². The van der Waals surface area contributed by atoms with Crippen LogP contribution in [0.25, 0.3) is 0 Å². The van der Waals surface area contributed by atoms with Crippen molar-refractivity contribution in [2.24, 2.45) is 0 Å². The summed E-state index contributed by atoms with van der Waals surface area (Å²) in [7, 11) is 0. The first-order valence-electron chi connectivity index (χ1n) is 9.54. The second-order valence-electron chi connectivity index (χ2n) is 7.34. The molecule has 0 saturated carbocycles. The second-order valence-corrected chi connectivity index (χ2v) is 7.34. The topological polar surface area (TPSA) is 88.3 Å². The fourth-order valence-electron chi connectivity index (χ4n) is 3.56. The molecule has 148 valence electrons. The zero-order valence-electron chi connectivity index (χ0n) is 16.4. The molecule has 0 radical (unpaired) electrons. The SMILES string of the molecule is Cc1ccc(CC(=O)Nc2nnc(C3CC(=O)N(c4ccccc4)C3)o2)c(C)c1.